The van der Waals surface area contributed by atoms with Gasteiger partial charge in [0.2, 0.25) is 5.88 Å². The molecule has 21 heavy (non-hydrogen) atoms. The Kier molecular flexibility index (Phi) is 5.09. The molecule has 1 heterocycles. The van der Waals surface area contributed by atoms with Crippen LogP contribution >= 0.6 is 23.2 Å². The van der Waals surface area contributed by atoms with Crippen molar-refractivity contribution in [3.8, 4) is 11.6 Å². The number of hydrogen-bond donors (Lipinski definition) is 1. The summed E-state index contributed by atoms with van der Waals surface area (Å²) in [5.74, 6) is 1.04. The summed E-state index contributed by atoms with van der Waals surface area (Å²) in [6.07, 6.45) is 1.76. The van der Waals surface area contributed by atoms with Crippen molar-refractivity contribution >= 4 is 23.2 Å². The molecule has 0 aliphatic heterocycles. The molecule has 2 aromatic rings. The minimum absolute atomic E-state index is 0.0466. The minimum atomic E-state index is 0.0466. The fourth-order valence-corrected chi connectivity index (χ4v) is 1.97. The van der Waals surface area contributed by atoms with Crippen molar-refractivity contribution in [2.75, 3.05) is 0 Å². The Morgan fingerprint density at radius 2 is 1.81 bits per heavy atom. The Balaban J connectivity index is 2.07. The monoisotopic (exact) mass is 324 g/mol. The van der Waals surface area contributed by atoms with E-state index in [0.717, 1.165) is 5.56 Å². The zero-order valence-corrected chi connectivity index (χ0v) is 13.8. The normalized spacial score (nSPS) is 11.5. The lowest BCUT2D eigenvalue weighted by molar-refractivity contribution is 0.423. The Morgan fingerprint density at radius 3 is 2.38 bits per heavy atom. The number of ether oxygens (including phenoxy) is 1. The fraction of sp³-hybridized carbons (Fsp3) is 0.312. The van der Waals surface area contributed by atoms with E-state index >= 15 is 0 Å². The van der Waals surface area contributed by atoms with Gasteiger partial charge in [0.25, 0.3) is 0 Å². The summed E-state index contributed by atoms with van der Waals surface area (Å²) >= 11 is 12.1. The van der Waals surface area contributed by atoms with Crippen molar-refractivity contribution in [2.45, 2.75) is 32.9 Å². The van der Waals surface area contributed by atoms with Gasteiger partial charge in [0.15, 0.2) is 0 Å². The fourth-order valence-electron chi connectivity index (χ4n) is 1.62. The molecule has 0 atom stereocenters. The van der Waals surface area contributed by atoms with Gasteiger partial charge in [-0.1, -0.05) is 23.2 Å². The average Bonchev–Trinajstić information content (AvgIpc) is 2.41. The number of nitrogens with zero attached hydrogens (tertiary/aromatic N) is 1. The standard InChI is InChI=1S/C16H18Cl2N2O/c1-16(2,3)20-10-11-8-14(18)15(19-9-11)21-13-6-4-12(17)5-7-13/h4-9,20H,10H2,1-3H3. The largest absolute Gasteiger partial charge is 0.438 e. The second kappa shape index (κ2) is 6.65. The third-order valence-corrected chi connectivity index (χ3v) is 3.24. The lowest BCUT2D eigenvalue weighted by Crippen LogP contribution is -2.35. The maximum Gasteiger partial charge on any atom is 0.238 e. The molecule has 1 aromatic carbocycles. The molecule has 5 heteroatoms. The Bertz CT molecular complexity index is 607. The van der Waals surface area contributed by atoms with E-state index in [2.05, 4.69) is 31.1 Å². The summed E-state index contributed by atoms with van der Waals surface area (Å²) in [5, 5.41) is 4.53. The third kappa shape index (κ3) is 5.20. The van der Waals surface area contributed by atoms with Gasteiger partial charge in [0, 0.05) is 23.3 Å². The van der Waals surface area contributed by atoms with Gasteiger partial charge in [0.1, 0.15) is 10.8 Å². The minimum Gasteiger partial charge on any atom is -0.438 e. The van der Waals surface area contributed by atoms with Crippen LogP contribution in [0, 0.1) is 0 Å². The highest BCUT2D eigenvalue weighted by atomic mass is 35.5. The highest BCUT2D eigenvalue weighted by molar-refractivity contribution is 6.32. The predicted octanol–water partition coefficient (Wildman–Crippen LogP) is 5.07. The SMILES string of the molecule is CC(C)(C)NCc1cnc(Oc2ccc(Cl)cc2)c(Cl)c1. The summed E-state index contributed by atoms with van der Waals surface area (Å²) in [6, 6.07) is 8.92. The summed E-state index contributed by atoms with van der Waals surface area (Å²) in [7, 11) is 0. The van der Waals surface area contributed by atoms with Gasteiger partial charge in [-0.05, 0) is 56.7 Å². The summed E-state index contributed by atoms with van der Waals surface area (Å²) < 4.78 is 5.64. The van der Waals surface area contributed by atoms with E-state index in [9.17, 15) is 0 Å². The number of nitrogens with one attached hydrogen (secondary N) is 1. The molecule has 0 radical (unpaired) electrons. The van der Waals surface area contributed by atoms with E-state index < -0.39 is 0 Å². The average molecular weight is 325 g/mol. The van der Waals surface area contributed by atoms with Crippen molar-refractivity contribution in [3.05, 3.63) is 52.1 Å². The molecule has 0 bridgehead atoms. The van der Waals surface area contributed by atoms with Gasteiger partial charge >= 0.3 is 0 Å². The predicted molar refractivity (Wildman–Crippen MR) is 87.4 cm³/mol. The molecule has 1 N–H and O–H groups in total. The van der Waals surface area contributed by atoms with Crippen LogP contribution < -0.4 is 10.1 Å². The van der Waals surface area contributed by atoms with Crippen molar-refractivity contribution < 1.29 is 4.74 Å². The lowest BCUT2D eigenvalue weighted by Gasteiger charge is -2.20. The molecule has 0 saturated carbocycles. The van der Waals surface area contributed by atoms with Crippen LogP contribution in [0.1, 0.15) is 26.3 Å². The Hall–Kier alpha value is -1.29. The zero-order valence-electron chi connectivity index (χ0n) is 12.3. The molecule has 0 aliphatic carbocycles. The van der Waals surface area contributed by atoms with E-state index in [1.807, 2.05) is 6.07 Å². The molecule has 2 rings (SSSR count). The van der Waals surface area contributed by atoms with Crippen LogP contribution in [0.4, 0.5) is 0 Å². The molecule has 0 fully saturated rings. The second-order valence-corrected chi connectivity index (χ2v) is 6.63. The third-order valence-electron chi connectivity index (χ3n) is 2.72. The molecule has 0 amide bonds. The van der Waals surface area contributed by atoms with E-state index in [1.165, 1.54) is 0 Å². The van der Waals surface area contributed by atoms with Crippen molar-refractivity contribution in [1.82, 2.24) is 10.3 Å². The number of aromatic nitrogens is 1. The van der Waals surface area contributed by atoms with Gasteiger partial charge in [-0.15, -0.1) is 0 Å². The molecule has 0 saturated heterocycles. The number of rotatable bonds is 4. The van der Waals surface area contributed by atoms with Crippen molar-refractivity contribution in [3.63, 3.8) is 0 Å². The molecule has 0 unspecified atom stereocenters. The molecular weight excluding hydrogens is 307 g/mol. The number of halogens is 2. The summed E-state index contributed by atoms with van der Waals surface area (Å²) in [5.41, 5.74) is 1.06. The van der Waals surface area contributed by atoms with Crippen LogP contribution in [0.15, 0.2) is 36.5 Å². The van der Waals surface area contributed by atoms with Gasteiger partial charge in [-0.25, -0.2) is 4.98 Å². The van der Waals surface area contributed by atoms with Gasteiger partial charge < -0.3 is 10.1 Å². The molecule has 0 spiro atoms. The molecule has 112 valence electrons. The van der Waals surface area contributed by atoms with Gasteiger partial charge in [0.05, 0.1) is 0 Å². The first-order valence-corrected chi connectivity index (χ1v) is 7.42. The van der Waals surface area contributed by atoms with Crippen molar-refractivity contribution in [1.29, 1.82) is 0 Å². The molecule has 1 aromatic heterocycles. The van der Waals surface area contributed by atoms with E-state index in [4.69, 9.17) is 27.9 Å². The van der Waals surface area contributed by atoms with Crippen LogP contribution in [0.3, 0.4) is 0 Å². The van der Waals surface area contributed by atoms with Crippen LogP contribution in [-0.2, 0) is 6.54 Å². The van der Waals surface area contributed by atoms with E-state index in [0.29, 0.717) is 28.2 Å². The highest BCUT2D eigenvalue weighted by Gasteiger charge is 2.10. The van der Waals surface area contributed by atoms with Crippen LogP contribution in [0.2, 0.25) is 10.0 Å². The lowest BCUT2D eigenvalue weighted by atomic mass is 10.1. The van der Waals surface area contributed by atoms with Crippen LogP contribution in [0.5, 0.6) is 11.6 Å². The summed E-state index contributed by atoms with van der Waals surface area (Å²) in [6.45, 7) is 7.04. The molecule has 3 nitrogen and oxygen atoms in total. The first kappa shape index (κ1) is 16.1. The molecule has 0 aliphatic rings. The number of hydrogen-bond acceptors (Lipinski definition) is 3. The van der Waals surface area contributed by atoms with Crippen LogP contribution in [0.25, 0.3) is 0 Å². The zero-order chi connectivity index (χ0) is 15.5. The van der Waals surface area contributed by atoms with Gasteiger partial charge in [-0.2, -0.15) is 0 Å². The topological polar surface area (TPSA) is 34.2 Å². The maximum absolute atomic E-state index is 6.22. The van der Waals surface area contributed by atoms with Gasteiger partial charge in [-0.3, -0.25) is 0 Å². The smallest absolute Gasteiger partial charge is 0.238 e. The second-order valence-electron chi connectivity index (χ2n) is 5.79. The first-order chi connectivity index (χ1) is 9.83. The van der Waals surface area contributed by atoms with E-state index in [-0.39, 0.29) is 5.54 Å². The quantitative estimate of drug-likeness (QED) is 0.852. The summed E-state index contributed by atoms with van der Waals surface area (Å²) in [4.78, 5) is 4.27. The van der Waals surface area contributed by atoms with Crippen molar-refractivity contribution in [2.24, 2.45) is 0 Å². The highest BCUT2D eigenvalue weighted by Crippen LogP contribution is 2.28. The maximum atomic E-state index is 6.22. The van der Waals surface area contributed by atoms with E-state index in [1.54, 1.807) is 30.5 Å². The number of pyridine rings is 1. The molecular formula is C16H18Cl2N2O. The Labute approximate surface area is 135 Å². The Morgan fingerprint density at radius 1 is 1.14 bits per heavy atom. The number of benzene rings is 1. The first-order valence-electron chi connectivity index (χ1n) is 6.66. The van der Waals surface area contributed by atoms with Crippen LogP contribution in [-0.4, -0.2) is 10.5 Å².